The second-order valence-corrected chi connectivity index (χ2v) is 10.4. The zero-order chi connectivity index (χ0) is 19.1. The van der Waals surface area contributed by atoms with E-state index < -0.39 is 6.80 Å². The van der Waals surface area contributed by atoms with Gasteiger partial charge in [0.1, 0.15) is 11.5 Å². The van der Waals surface area contributed by atoms with Gasteiger partial charge in [0, 0.05) is 16.3 Å². The van der Waals surface area contributed by atoms with Crippen LogP contribution < -0.4 is 9.05 Å². The molecule has 0 saturated carbocycles. The maximum absolute atomic E-state index is 13.7. The number of rotatable bonds is 8. The Bertz CT molecular complexity index is 852. The van der Waals surface area contributed by atoms with Crippen LogP contribution in [0.4, 0.5) is 0 Å². The van der Waals surface area contributed by atoms with Gasteiger partial charge in [0.05, 0.1) is 0 Å². The second kappa shape index (κ2) is 9.16. The van der Waals surface area contributed by atoms with Gasteiger partial charge in [-0.2, -0.15) is 0 Å². The van der Waals surface area contributed by atoms with E-state index in [1.807, 2.05) is 72.8 Å². The molecule has 0 aliphatic carbocycles. The number of hydrogen-bond acceptors (Lipinski definition) is 4. The summed E-state index contributed by atoms with van der Waals surface area (Å²) >= 11 is 1.12. The monoisotopic (exact) mass is 398 g/mol. The number of benzene rings is 3. The van der Waals surface area contributed by atoms with Crippen molar-refractivity contribution in [3.8, 4) is 11.5 Å². The van der Waals surface area contributed by atoms with Gasteiger partial charge in [-0.3, -0.25) is 0 Å². The van der Waals surface area contributed by atoms with Gasteiger partial charge in [0.15, 0.2) is 0 Å². The summed E-state index contributed by atoms with van der Waals surface area (Å²) in [5, 5.41) is 0. The van der Waals surface area contributed by atoms with E-state index in [1.165, 1.54) is 0 Å². The molecule has 3 aromatic rings. The van der Waals surface area contributed by atoms with Gasteiger partial charge in [-0.1, -0.05) is 68.4 Å². The lowest BCUT2D eigenvalue weighted by molar-refractivity contribution is 0.405. The molecule has 0 N–H and O–H groups in total. The van der Waals surface area contributed by atoms with Crippen LogP contribution in [0, 0.1) is 5.92 Å². The van der Waals surface area contributed by atoms with E-state index in [9.17, 15) is 4.57 Å². The number of hydrogen-bond donors (Lipinski definition) is 0. The van der Waals surface area contributed by atoms with Gasteiger partial charge in [-0.25, -0.2) is 4.57 Å². The maximum atomic E-state index is 13.7. The molecule has 3 nitrogen and oxygen atoms in total. The smallest absolute Gasteiger partial charge is 0.408 e. The molecule has 0 saturated heterocycles. The zero-order valence-corrected chi connectivity index (χ0v) is 17.2. The molecular weight excluding hydrogens is 375 g/mol. The van der Waals surface area contributed by atoms with Crippen molar-refractivity contribution in [1.29, 1.82) is 0 Å². The van der Waals surface area contributed by atoms with Crippen molar-refractivity contribution in [1.82, 2.24) is 0 Å². The van der Waals surface area contributed by atoms with Crippen LogP contribution in [-0.2, 0) is 11.0 Å². The van der Waals surface area contributed by atoms with Crippen LogP contribution in [-0.4, -0.2) is 0 Å². The minimum atomic E-state index is -3.54. The van der Waals surface area contributed by atoms with Crippen molar-refractivity contribution < 1.29 is 13.6 Å². The maximum Gasteiger partial charge on any atom is 0.497 e. The lowest BCUT2D eigenvalue weighted by atomic mass is 10.0. The van der Waals surface area contributed by atoms with E-state index in [-0.39, 0.29) is 0 Å². The summed E-state index contributed by atoms with van der Waals surface area (Å²) in [5.41, 5.74) is 1.03. The Morgan fingerprint density at radius 2 is 1.41 bits per heavy atom. The van der Waals surface area contributed by atoms with E-state index in [4.69, 9.17) is 9.05 Å². The Balaban J connectivity index is 1.91. The molecule has 0 spiro atoms. The molecule has 0 amide bonds. The molecule has 3 rings (SSSR count). The third kappa shape index (κ3) is 5.92. The predicted molar refractivity (Wildman–Crippen MR) is 113 cm³/mol. The van der Waals surface area contributed by atoms with Gasteiger partial charge in [-0.15, -0.1) is 0 Å². The first-order valence-corrected chi connectivity index (χ1v) is 11.9. The summed E-state index contributed by atoms with van der Waals surface area (Å²) in [5.74, 6) is 1.59. The fourth-order valence-corrected chi connectivity index (χ4v) is 5.91. The highest BCUT2D eigenvalue weighted by Gasteiger charge is 2.31. The molecule has 0 bridgehead atoms. The van der Waals surface area contributed by atoms with Crippen LogP contribution >= 0.6 is 18.2 Å². The van der Waals surface area contributed by atoms with Crippen LogP contribution in [0.2, 0.25) is 0 Å². The molecule has 3 aromatic carbocycles. The summed E-state index contributed by atoms with van der Waals surface area (Å²) in [7, 11) is 0. The highest BCUT2D eigenvalue weighted by atomic mass is 32.7. The van der Waals surface area contributed by atoms with Crippen LogP contribution in [0.1, 0.15) is 19.4 Å². The first-order valence-electron chi connectivity index (χ1n) is 8.91. The Morgan fingerprint density at radius 3 is 2.07 bits per heavy atom. The molecule has 0 aliphatic heterocycles. The lowest BCUT2D eigenvalue weighted by Crippen LogP contribution is -2.02. The summed E-state index contributed by atoms with van der Waals surface area (Å²) in [6.07, 6.45) is 0.845. The Labute approximate surface area is 165 Å². The van der Waals surface area contributed by atoms with Gasteiger partial charge in [0.25, 0.3) is 0 Å². The molecule has 0 radical (unpaired) electrons. The zero-order valence-electron chi connectivity index (χ0n) is 15.4. The Hall–Kier alpha value is -2.16. The van der Waals surface area contributed by atoms with E-state index in [0.717, 1.165) is 28.3 Å². The van der Waals surface area contributed by atoms with Crippen molar-refractivity contribution in [3.63, 3.8) is 0 Å². The topological polar surface area (TPSA) is 35.5 Å². The predicted octanol–water partition coefficient (Wildman–Crippen LogP) is 7.24. The average molecular weight is 398 g/mol. The molecule has 5 heteroatoms. The molecule has 0 fully saturated rings. The quantitative estimate of drug-likeness (QED) is 0.375. The normalized spacial score (nSPS) is 13.1. The van der Waals surface area contributed by atoms with Crippen molar-refractivity contribution in [2.24, 2.45) is 5.92 Å². The molecule has 0 aromatic heterocycles. The van der Waals surface area contributed by atoms with Gasteiger partial charge in [-0.05, 0) is 48.2 Å². The SMILES string of the molecule is CC(C)Cc1ccccc1OP(=O)(Oc1ccccc1)Sc1ccccc1. The van der Waals surface area contributed by atoms with Crippen LogP contribution in [0.25, 0.3) is 0 Å². The highest BCUT2D eigenvalue weighted by Crippen LogP contribution is 2.62. The first-order chi connectivity index (χ1) is 13.0. The fraction of sp³-hybridized carbons (Fsp3) is 0.182. The Morgan fingerprint density at radius 1 is 0.815 bits per heavy atom. The minimum absolute atomic E-state index is 0.464. The van der Waals surface area contributed by atoms with Crippen molar-refractivity contribution in [3.05, 3.63) is 90.5 Å². The molecule has 0 heterocycles. The lowest BCUT2D eigenvalue weighted by Gasteiger charge is -2.21. The van der Waals surface area contributed by atoms with Gasteiger partial charge in [0.2, 0.25) is 0 Å². The van der Waals surface area contributed by atoms with E-state index >= 15 is 0 Å². The molecule has 1 atom stereocenters. The molecule has 140 valence electrons. The average Bonchev–Trinajstić information content (AvgIpc) is 2.64. The van der Waals surface area contributed by atoms with E-state index in [0.29, 0.717) is 17.4 Å². The summed E-state index contributed by atoms with van der Waals surface area (Å²) in [6, 6.07) is 26.4. The van der Waals surface area contributed by atoms with Crippen LogP contribution in [0.5, 0.6) is 11.5 Å². The highest BCUT2D eigenvalue weighted by molar-refractivity contribution is 8.55. The van der Waals surface area contributed by atoms with Gasteiger partial charge >= 0.3 is 6.80 Å². The van der Waals surface area contributed by atoms with Crippen LogP contribution in [0.15, 0.2) is 89.8 Å². The molecule has 27 heavy (non-hydrogen) atoms. The Kier molecular flexibility index (Phi) is 6.65. The first kappa shape index (κ1) is 19.6. The van der Waals surface area contributed by atoms with Crippen molar-refractivity contribution in [2.45, 2.75) is 25.2 Å². The van der Waals surface area contributed by atoms with Crippen molar-refractivity contribution >= 4 is 18.2 Å². The molecule has 0 aliphatic rings. The summed E-state index contributed by atoms with van der Waals surface area (Å²) in [6.45, 7) is 0.758. The minimum Gasteiger partial charge on any atom is -0.408 e. The van der Waals surface area contributed by atoms with Gasteiger partial charge < -0.3 is 9.05 Å². The molecular formula is C22H23O3PS. The van der Waals surface area contributed by atoms with E-state index in [1.54, 1.807) is 12.1 Å². The third-order valence-corrected chi connectivity index (χ3v) is 7.04. The van der Waals surface area contributed by atoms with Crippen molar-refractivity contribution in [2.75, 3.05) is 0 Å². The fourth-order valence-electron chi connectivity index (χ4n) is 2.60. The standard InChI is InChI=1S/C22H23O3PS/c1-18(2)17-19-11-9-10-16-22(19)25-26(23,24-20-12-5-3-6-13-20)27-21-14-7-4-8-15-21/h3-16,18H,17H2,1-2H3. The third-order valence-electron chi connectivity index (χ3n) is 3.73. The summed E-state index contributed by atoms with van der Waals surface area (Å²) in [4.78, 5) is 0.832. The summed E-state index contributed by atoms with van der Waals surface area (Å²) < 4.78 is 25.6. The van der Waals surface area contributed by atoms with E-state index in [2.05, 4.69) is 13.8 Å². The second-order valence-electron chi connectivity index (χ2n) is 6.55. The largest absolute Gasteiger partial charge is 0.497 e. The molecule has 1 unspecified atom stereocenters. The number of para-hydroxylation sites is 2. The van der Waals surface area contributed by atoms with Crippen LogP contribution in [0.3, 0.4) is 0 Å².